The lowest BCUT2D eigenvalue weighted by atomic mass is 10.0. The third-order valence-electron chi connectivity index (χ3n) is 2.03. The zero-order valence-electron chi connectivity index (χ0n) is 7.69. The van der Waals surface area contributed by atoms with Crippen LogP contribution in [-0.2, 0) is 0 Å². The van der Waals surface area contributed by atoms with Crippen molar-refractivity contribution in [2.45, 2.75) is 52.9 Å². The topological polar surface area (TPSA) is 0 Å². The number of rotatable bonds is 6. The summed E-state index contributed by atoms with van der Waals surface area (Å²) in [7, 11) is 0. The van der Waals surface area contributed by atoms with Crippen LogP contribution in [-0.4, -0.2) is 0 Å². The quantitative estimate of drug-likeness (QED) is 0.493. The van der Waals surface area contributed by atoms with Crippen LogP contribution in [0.4, 0.5) is 0 Å². The van der Waals surface area contributed by atoms with E-state index in [1.165, 1.54) is 32.1 Å². The van der Waals surface area contributed by atoms with Crippen molar-refractivity contribution in [3.05, 3.63) is 6.42 Å². The number of hydrogen-bond donors (Lipinski definition) is 0. The molecule has 1 atom stereocenters. The van der Waals surface area contributed by atoms with Gasteiger partial charge in [-0.2, -0.15) is 0 Å². The Hall–Kier alpha value is 0. The molecule has 0 amide bonds. The Kier molecular flexibility index (Phi) is 7.11. The summed E-state index contributed by atoms with van der Waals surface area (Å²) in [5.41, 5.74) is 0. The molecule has 0 saturated heterocycles. The van der Waals surface area contributed by atoms with Crippen LogP contribution in [0.15, 0.2) is 0 Å². The Morgan fingerprint density at radius 3 is 2.50 bits per heavy atom. The molecule has 0 rings (SSSR count). The SMILES string of the molecule is CCCC[CH]CC(C)CC. The molecule has 0 fully saturated rings. The van der Waals surface area contributed by atoms with Gasteiger partial charge in [0.2, 0.25) is 0 Å². The van der Waals surface area contributed by atoms with Gasteiger partial charge < -0.3 is 0 Å². The van der Waals surface area contributed by atoms with Crippen molar-refractivity contribution in [3.63, 3.8) is 0 Å². The summed E-state index contributed by atoms with van der Waals surface area (Å²) < 4.78 is 0. The fraction of sp³-hybridized carbons (Fsp3) is 0.900. The van der Waals surface area contributed by atoms with E-state index >= 15 is 0 Å². The smallest absolute Gasteiger partial charge is 0.0383 e. The van der Waals surface area contributed by atoms with E-state index in [-0.39, 0.29) is 0 Å². The standard InChI is InChI=1S/C10H21/c1-4-6-7-8-9-10(3)5-2/h8,10H,4-7,9H2,1-3H3. The van der Waals surface area contributed by atoms with Crippen LogP contribution in [0.2, 0.25) is 0 Å². The third-order valence-corrected chi connectivity index (χ3v) is 2.03. The Morgan fingerprint density at radius 1 is 1.30 bits per heavy atom. The van der Waals surface area contributed by atoms with E-state index in [4.69, 9.17) is 0 Å². The van der Waals surface area contributed by atoms with E-state index in [1.807, 2.05) is 0 Å². The van der Waals surface area contributed by atoms with Crippen molar-refractivity contribution < 1.29 is 0 Å². The molecule has 0 aliphatic rings. The Morgan fingerprint density at radius 2 is 2.00 bits per heavy atom. The van der Waals surface area contributed by atoms with Crippen LogP contribution in [0.3, 0.4) is 0 Å². The van der Waals surface area contributed by atoms with Gasteiger partial charge in [-0.3, -0.25) is 0 Å². The maximum absolute atomic E-state index is 2.44. The van der Waals surface area contributed by atoms with E-state index in [0.29, 0.717) is 0 Å². The summed E-state index contributed by atoms with van der Waals surface area (Å²) in [4.78, 5) is 0. The number of unbranched alkanes of at least 4 members (excludes halogenated alkanes) is 3. The van der Waals surface area contributed by atoms with Crippen LogP contribution in [0.5, 0.6) is 0 Å². The molecule has 0 aliphatic carbocycles. The van der Waals surface area contributed by atoms with Crippen molar-refractivity contribution >= 4 is 0 Å². The molecular formula is C10H21. The van der Waals surface area contributed by atoms with E-state index in [1.54, 1.807) is 0 Å². The average molecular weight is 141 g/mol. The molecule has 10 heavy (non-hydrogen) atoms. The lowest BCUT2D eigenvalue weighted by Crippen LogP contribution is -1.91. The molecule has 0 saturated carbocycles. The molecular weight excluding hydrogens is 120 g/mol. The summed E-state index contributed by atoms with van der Waals surface area (Å²) >= 11 is 0. The second kappa shape index (κ2) is 7.11. The minimum atomic E-state index is 0.900. The highest BCUT2D eigenvalue weighted by Crippen LogP contribution is 2.11. The molecule has 0 heteroatoms. The lowest BCUT2D eigenvalue weighted by Gasteiger charge is -2.05. The Balaban J connectivity index is 2.89. The van der Waals surface area contributed by atoms with Crippen LogP contribution in [0.25, 0.3) is 0 Å². The van der Waals surface area contributed by atoms with E-state index in [9.17, 15) is 0 Å². The molecule has 0 N–H and O–H groups in total. The van der Waals surface area contributed by atoms with Gasteiger partial charge in [0.1, 0.15) is 0 Å². The average Bonchev–Trinajstić information content (AvgIpc) is 1.98. The van der Waals surface area contributed by atoms with Gasteiger partial charge in [-0.15, -0.1) is 0 Å². The molecule has 1 unspecified atom stereocenters. The Bertz CT molecular complexity index is 57.1. The van der Waals surface area contributed by atoms with Crippen molar-refractivity contribution in [3.8, 4) is 0 Å². The molecule has 0 aromatic heterocycles. The molecule has 0 spiro atoms. The van der Waals surface area contributed by atoms with E-state index < -0.39 is 0 Å². The molecule has 0 nitrogen and oxygen atoms in total. The fourth-order valence-corrected chi connectivity index (χ4v) is 0.917. The second-order valence-electron chi connectivity index (χ2n) is 3.18. The first-order valence-corrected chi connectivity index (χ1v) is 4.62. The van der Waals surface area contributed by atoms with Crippen molar-refractivity contribution in [2.75, 3.05) is 0 Å². The molecule has 0 bridgehead atoms. The summed E-state index contributed by atoms with van der Waals surface area (Å²) in [6.45, 7) is 6.83. The lowest BCUT2D eigenvalue weighted by molar-refractivity contribution is 0.539. The Labute approximate surface area is 66.0 Å². The fourth-order valence-electron chi connectivity index (χ4n) is 0.917. The van der Waals surface area contributed by atoms with Gasteiger partial charge in [-0.05, 0) is 18.8 Å². The molecule has 0 aromatic carbocycles. The van der Waals surface area contributed by atoms with Gasteiger partial charge >= 0.3 is 0 Å². The van der Waals surface area contributed by atoms with Crippen LogP contribution < -0.4 is 0 Å². The zero-order valence-corrected chi connectivity index (χ0v) is 7.69. The number of hydrogen-bond acceptors (Lipinski definition) is 0. The maximum Gasteiger partial charge on any atom is -0.0383 e. The highest BCUT2D eigenvalue weighted by atomic mass is 14.0. The van der Waals surface area contributed by atoms with Gasteiger partial charge in [0.25, 0.3) is 0 Å². The van der Waals surface area contributed by atoms with Crippen molar-refractivity contribution in [2.24, 2.45) is 5.92 Å². The van der Waals surface area contributed by atoms with Crippen molar-refractivity contribution in [1.82, 2.24) is 0 Å². The highest BCUT2D eigenvalue weighted by molar-refractivity contribution is 4.67. The predicted molar refractivity (Wildman–Crippen MR) is 47.9 cm³/mol. The third kappa shape index (κ3) is 6.12. The second-order valence-corrected chi connectivity index (χ2v) is 3.18. The molecule has 1 radical (unpaired) electrons. The summed E-state index contributed by atoms with van der Waals surface area (Å²) in [6.07, 6.45) is 9.10. The van der Waals surface area contributed by atoms with Crippen molar-refractivity contribution in [1.29, 1.82) is 0 Å². The summed E-state index contributed by atoms with van der Waals surface area (Å²) in [5.74, 6) is 0.900. The first-order chi connectivity index (χ1) is 4.81. The minimum Gasteiger partial charge on any atom is -0.0654 e. The first-order valence-electron chi connectivity index (χ1n) is 4.62. The zero-order chi connectivity index (χ0) is 7.82. The highest BCUT2D eigenvalue weighted by Gasteiger charge is 1.96. The largest absolute Gasteiger partial charge is 0.0654 e. The molecule has 0 heterocycles. The molecule has 0 aromatic rings. The van der Waals surface area contributed by atoms with Crippen LogP contribution in [0, 0.1) is 12.3 Å². The van der Waals surface area contributed by atoms with E-state index in [2.05, 4.69) is 27.2 Å². The van der Waals surface area contributed by atoms with Gasteiger partial charge in [0.15, 0.2) is 0 Å². The van der Waals surface area contributed by atoms with Gasteiger partial charge in [-0.25, -0.2) is 0 Å². The van der Waals surface area contributed by atoms with E-state index in [0.717, 1.165) is 5.92 Å². The van der Waals surface area contributed by atoms with Gasteiger partial charge in [0.05, 0.1) is 0 Å². The molecule has 0 aliphatic heterocycles. The minimum absolute atomic E-state index is 0.900. The van der Waals surface area contributed by atoms with Gasteiger partial charge in [0, 0.05) is 0 Å². The predicted octanol–water partition coefficient (Wildman–Crippen LogP) is 3.82. The first kappa shape index (κ1) is 10.0. The normalized spacial score (nSPS) is 13.5. The summed E-state index contributed by atoms with van der Waals surface area (Å²) in [6, 6.07) is 0. The maximum atomic E-state index is 2.44. The van der Waals surface area contributed by atoms with Gasteiger partial charge in [-0.1, -0.05) is 46.5 Å². The van der Waals surface area contributed by atoms with Crippen LogP contribution in [0.1, 0.15) is 52.9 Å². The monoisotopic (exact) mass is 141 g/mol. The molecule has 61 valence electrons. The van der Waals surface area contributed by atoms with Crippen LogP contribution >= 0.6 is 0 Å². The summed E-state index contributed by atoms with van der Waals surface area (Å²) in [5, 5.41) is 0.